The maximum absolute atomic E-state index is 5.71. The topological polar surface area (TPSA) is 38.5 Å². The molecule has 1 aliphatic heterocycles. The van der Waals surface area contributed by atoms with Crippen LogP contribution in [0.2, 0.25) is 0 Å². The average molecular weight is 154 g/mol. The van der Waals surface area contributed by atoms with E-state index >= 15 is 0 Å². The molecular weight excluding hydrogens is 140 g/mol. The number of hydrogen-bond donors (Lipinski definition) is 1. The second kappa shape index (κ2) is 3.58. The molecule has 0 aromatic rings. The number of nitrogens with zero attached hydrogens (tertiary/aromatic N) is 1. The molecule has 0 bridgehead atoms. The summed E-state index contributed by atoms with van der Waals surface area (Å²) >= 11 is 0. The minimum absolute atomic E-state index is 0.103. The van der Waals surface area contributed by atoms with Gasteiger partial charge in [-0.2, -0.15) is 0 Å². The van der Waals surface area contributed by atoms with Crippen LogP contribution in [0.3, 0.4) is 0 Å². The zero-order chi connectivity index (χ0) is 8.27. The minimum Gasteiger partial charge on any atom is -0.373 e. The van der Waals surface area contributed by atoms with Crippen LogP contribution in [-0.4, -0.2) is 37.7 Å². The average Bonchev–Trinajstić information content (AvgIpc) is 2.11. The van der Waals surface area contributed by atoms with Gasteiger partial charge in [0.05, 0.1) is 18.9 Å². The van der Waals surface area contributed by atoms with E-state index in [1.165, 1.54) is 0 Å². The summed E-state index contributed by atoms with van der Waals surface area (Å²) in [6, 6.07) is 0.103. The van der Waals surface area contributed by atoms with E-state index in [4.69, 9.17) is 10.5 Å². The van der Waals surface area contributed by atoms with Gasteiger partial charge >= 0.3 is 0 Å². The van der Waals surface area contributed by atoms with Gasteiger partial charge in [-0.05, 0) is 0 Å². The molecule has 1 rings (SSSR count). The number of hydrogen-bond acceptors (Lipinski definition) is 3. The van der Waals surface area contributed by atoms with Crippen molar-refractivity contribution in [1.29, 1.82) is 0 Å². The van der Waals surface area contributed by atoms with Gasteiger partial charge in [0.15, 0.2) is 0 Å². The summed E-state index contributed by atoms with van der Waals surface area (Å²) in [6.07, 6.45) is 0. The van der Waals surface area contributed by atoms with Crippen molar-refractivity contribution < 1.29 is 4.74 Å². The molecule has 1 unspecified atom stereocenters. The molecule has 0 aromatic carbocycles. The minimum atomic E-state index is 0.103. The van der Waals surface area contributed by atoms with E-state index in [1.807, 2.05) is 11.9 Å². The normalized spacial score (nSPS) is 26.2. The molecule has 1 saturated heterocycles. The molecule has 0 saturated carbocycles. The van der Waals surface area contributed by atoms with Crippen molar-refractivity contribution in [2.24, 2.45) is 5.73 Å². The first-order valence-corrected chi connectivity index (χ1v) is 3.67. The zero-order valence-electron chi connectivity index (χ0n) is 6.84. The fourth-order valence-electron chi connectivity index (χ4n) is 1.12. The third-order valence-electron chi connectivity index (χ3n) is 1.74. The molecule has 0 radical (unpaired) electrons. The Morgan fingerprint density at radius 3 is 3.18 bits per heavy atom. The third-order valence-corrected chi connectivity index (χ3v) is 1.74. The highest BCUT2D eigenvalue weighted by Gasteiger charge is 2.14. The van der Waals surface area contributed by atoms with Crippen LogP contribution in [0, 0.1) is 0 Å². The van der Waals surface area contributed by atoms with Gasteiger partial charge in [0, 0.05) is 19.6 Å². The van der Waals surface area contributed by atoms with E-state index in [1.54, 1.807) is 0 Å². The molecule has 62 valence electrons. The van der Waals surface area contributed by atoms with E-state index in [2.05, 4.69) is 12.3 Å². The SMILES string of the molecule is C=C=C1COCC(N)CN1C. The Balaban J connectivity index is 2.65. The van der Waals surface area contributed by atoms with E-state index < -0.39 is 0 Å². The second-order valence-corrected chi connectivity index (χ2v) is 2.78. The summed E-state index contributed by atoms with van der Waals surface area (Å²) in [4.78, 5) is 2.03. The molecule has 0 aromatic heterocycles. The lowest BCUT2D eigenvalue weighted by molar-refractivity contribution is 0.152. The number of rotatable bonds is 0. The van der Waals surface area contributed by atoms with Crippen molar-refractivity contribution in [1.82, 2.24) is 4.90 Å². The van der Waals surface area contributed by atoms with Crippen LogP contribution in [0.15, 0.2) is 18.0 Å². The highest BCUT2D eigenvalue weighted by molar-refractivity contribution is 5.00. The highest BCUT2D eigenvalue weighted by Crippen LogP contribution is 2.05. The van der Waals surface area contributed by atoms with Crippen molar-refractivity contribution in [3.63, 3.8) is 0 Å². The highest BCUT2D eigenvalue weighted by atomic mass is 16.5. The van der Waals surface area contributed by atoms with E-state index in [9.17, 15) is 0 Å². The first-order chi connectivity index (χ1) is 5.24. The second-order valence-electron chi connectivity index (χ2n) is 2.78. The predicted octanol–water partition coefficient (Wildman–Crippen LogP) is -0.0555. The number of ether oxygens (including phenoxy) is 1. The zero-order valence-corrected chi connectivity index (χ0v) is 6.84. The van der Waals surface area contributed by atoms with Crippen LogP contribution in [0.4, 0.5) is 0 Å². The van der Waals surface area contributed by atoms with Gasteiger partial charge in [0.25, 0.3) is 0 Å². The molecule has 1 heterocycles. The van der Waals surface area contributed by atoms with Crippen molar-refractivity contribution in [2.75, 3.05) is 26.8 Å². The van der Waals surface area contributed by atoms with Crippen LogP contribution in [0.5, 0.6) is 0 Å². The standard InChI is InChI=1S/C8H14N2O/c1-3-8-6-11-5-7(9)4-10(8)2/h7H,1,4-6,9H2,2H3. The lowest BCUT2D eigenvalue weighted by atomic mass is 10.3. The van der Waals surface area contributed by atoms with E-state index in [0.29, 0.717) is 13.2 Å². The van der Waals surface area contributed by atoms with Gasteiger partial charge in [-0.3, -0.25) is 0 Å². The van der Waals surface area contributed by atoms with Crippen LogP contribution in [0.1, 0.15) is 0 Å². The molecule has 2 N–H and O–H groups in total. The number of likely N-dealkylation sites (N-methyl/N-ethyl adjacent to an activating group) is 1. The molecule has 11 heavy (non-hydrogen) atoms. The van der Waals surface area contributed by atoms with E-state index in [-0.39, 0.29) is 6.04 Å². The third kappa shape index (κ3) is 2.09. The smallest absolute Gasteiger partial charge is 0.0940 e. The Bertz CT molecular complexity index is 185. The van der Waals surface area contributed by atoms with Gasteiger partial charge < -0.3 is 15.4 Å². The van der Waals surface area contributed by atoms with Crippen LogP contribution in [-0.2, 0) is 4.74 Å². The fraction of sp³-hybridized carbons (Fsp3) is 0.625. The van der Waals surface area contributed by atoms with Crippen molar-refractivity contribution >= 4 is 0 Å². The summed E-state index contributed by atoms with van der Waals surface area (Å²) < 4.78 is 5.27. The first kappa shape index (κ1) is 8.34. The maximum atomic E-state index is 5.71. The largest absolute Gasteiger partial charge is 0.373 e. The Kier molecular flexibility index (Phi) is 2.71. The Hall–Kier alpha value is -0.760. The Labute approximate surface area is 67.1 Å². The molecule has 1 fully saturated rings. The molecule has 0 aliphatic carbocycles. The van der Waals surface area contributed by atoms with Crippen LogP contribution < -0.4 is 5.73 Å². The van der Waals surface area contributed by atoms with Gasteiger partial charge in [0.2, 0.25) is 0 Å². The molecule has 0 amide bonds. The van der Waals surface area contributed by atoms with Gasteiger partial charge in [-0.15, -0.1) is 5.73 Å². The molecule has 1 atom stereocenters. The Morgan fingerprint density at radius 1 is 1.82 bits per heavy atom. The quantitative estimate of drug-likeness (QED) is 0.497. The Morgan fingerprint density at radius 2 is 2.55 bits per heavy atom. The summed E-state index contributed by atoms with van der Waals surface area (Å²) in [5, 5.41) is 0. The fourth-order valence-corrected chi connectivity index (χ4v) is 1.12. The summed E-state index contributed by atoms with van der Waals surface area (Å²) in [6.45, 7) is 5.59. The van der Waals surface area contributed by atoms with Crippen LogP contribution >= 0.6 is 0 Å². The van der Waals surface area contributed by atoms with Gasteiger partial charge in [-0.25, -0.2) is 0 Å². The lowest BCUT2D eigenvalue weighted by Crippen LogP contribution is -2.35. The summed E-state index contributed by atoms with van der Waals surface area (Å²) in [5.41, 5.74) is 9.52. The van der Waals surface area contributed by atoms with Crippen molar-refractivity contribution in [3.8, 4) is 0 Å². The first-order valence-electron chi connectivity index (χ1n) is 3.67. The molecular formula is C8H14N2O. The molecule has 1 aliphatic rings. The molecule has 3 heteroatoms. The predicted molar refractivity (Wildman–Crippen MR) is 44.1 cm³/mol. The monoisotopic (exact) mass is 154 g/mol. The number of nitrogens with two attached hydrogens (primary N) is 1. The van der Waals surface area contributed by atoms with Crippen molar-refractivity contribution in [2.45, 2.75) is 6.04 Å². The molecule has 3 nitrogen and oxygen atoms in total. The summed E-state index contributed by atoms with van der Waals surface area (Å²) in [7, 11) is 1.97. The van der Waals surface area contributed by atoms with Crippen molar-refractivity contribution in [3.05, 3.63) is 18.0 Å². The van der Waals surface area contributed by atoms with Gasteiger partial charge in [0.1, 0.15) is 0 Å². The summed E-state index contributed by atoms with van der Waals surface area (Å²) in [5.74, 6) is 0. The van der Waals surface area contributed by atoms with E-state index in [0.717, 1.165) is 12.2 Å². The van der Waals surface area contributed by atoms with Crippen LogP contribution in [0.25, 0.3) is 0 Å². The lowest BCUT2D eigenvalue weighted by Gasteiger charge is -2.18. The van der Waals surface area contributed by atoms with Gasteiger partial charge in [-0.1, -0.05) is 6.58 Å². The maximum Gasteiger partial charge on any atom is 0.0940 e. The molecule has 0 spiro atoms.